The number of carbonyl (C=O) groups is 1. The van der Waals surface area contributed by atoms with E-state index in [9.17, 15) is 4.79 Å². The Kier molecular flexibility index (Phi) is 3.71. The highest BCUT2D eigenvalue weighted by Crippen LogP contribution is 2.41. The maximum Gasteiger partial charge on any atom is 0.316 e. The molecule has 0 N–H and O–H groups in total. The Morgan fingerprint density at radius 2 is 1.85 bits per heavy atom. The van der Waals surface area contributed by atoms with Crippen molar-refractivity contribution in [3.05, 3.63) is 12.8 Å². The fraction of sp³-hybridized carbons (Fsp3) is 0.727. The van der Waals surface area contributed by atoms with Crippen molar-refractivity contribution >= 4 is 5.97 Å². The van der Waals surface area contributed by atoms with Gasteiger partial charge in [-0.25, -0.2) is 0 Å². The average Bonchev–Trinajstić information content (AvgIpc) is 2.04. The van der Waals surface area contributed by atoms with Gasteiger partial charge in [0.25, 0.3) is 0 Å². The highest BCUT2D eigenvalue weighted by atomic mass is 16.5. The number of carbonyl (C=O) groups excluding carboxylic acids is 1. The molecule has 0 bridgehead atoms. The van der Waals surface area contributed by atoms with E-state index in [-0.39, 0.29) is 11.4 Å². The van der Waals surface area contributed by atoms with E-state index in [0.29, 0.717) is 0 Å². The van der Waals surface area contributed by atoms with Crippen molar-refractivity contribution in [3.63, 3.8) is 0 Å². The van der Waals surface area contributed by atoms with Crippen molar-refractivity contribution < 1.29 is 9.53 Å². The van der Waals surface area contributed by atoms with Crippen molar-refractivity contribution in [3.8, 4) is 0 Å². The zero-order valence-corrected chi connectivity index (χ0v) is 9.31. The summed E-state index contributed by atoms with van der Waals surface area (Å²) in [6.07, 6.45) is 2.13. The zero-order chi connectivity index (χ0) is 10.7. The van der Waals surface area contributed by atoms with Gasteiger partial charge in [0.2, 0.25) is 0 Å². The van der Waals surface area contributed by atoms with Crippen LogP contribution in [-0.2, 0) is 9.53 Å². The van der Waals surface area contributed by atoms with E-state index in [1.807, 2.05) is 13.8 Å². The molecule has 2 heteroatoms. The van der Waals surface area contributed by atoms with Crippen LogP contribution in [0.1, 0.15) is 41.0 Å². The second-order valence-corrected chi connectivity index (χ2v) is 4.43. The number of hydrogen-bond donors (Lipinski definition) is 0. The summed E-state index contributed by atoms with van der Waals surface area (Å²) in [6.45, 7) is 13.4. The fourth-order valence-corrected chi connectivity index (χ4v) is 0.941. The molecule has 0 aromatic heterocycles. The molecule has 0 unspecified atom stereocenters. The van der Waals surface area contributed by atoms with Crippen LogP contribution < -0.4 is 0 Å². The Bertz CT molecular complexity index is 202. The highest BCUT2D eigenvalue weighted by Gasteiger charge is 2.42. The molecule has 0 fully saturated rings. The first kappa shape index (κ1) is 12.2. The molecule has 0 aromatic carbocycles. The molecule has 0 saturated heterocycles. The predicted octanol–water partition coefficient (Wildman–Crippen LogP) is 3.14. The van der Waals surface area contributed by atoms with Gasteiger partial charge in [0, 0.05) is 0 Å². The Labute approximate surface area is 81.0 Å². The van der Waals surface area contributed by atoms with Crippen molar-refractivity contribution in [2.75, 3.05) is 0 Å². The predicted molar refractivity (Wildman–Crippen MR) is 54.1 cm³/mol. The molecule has 0 heterocycles. The summed E-state index contributed by atoms with van der Waals surface area (Å²) in [5.41, 5.74) is -0.539. The van der Waals surface area contributed by atoms with Gasteiger partial charge >= 0.3 is 5.97 Å². The van der Waals surface area contributed by atoms with Crippen LogP contribution in [0.2, 0.25) is 0 Å². The van der Waals surface area contributed by atoms with Crippen LogP contribution in [-0.4, -0.2) is 5.97 Å². The van der Waals surface area contributed by atoms with Crippen molar-refractivity contribution in [2.45, 2.75) is 41.0 Å². The molecule has 13 heavy (non-hydrogen) atoms. The lowest BCUT2D eigenvalue weighted by atomic mass is 9.66. The van der Waals surface area contributed by atoms with Gasteiger partial charge in [0.15, 0.2) is 0 Å². The first-order valence-electron chi connectivity index (χ1n) is 4.61. The summed E-state index contributed by atoms with van der Waals surface area (Å²) in [4.78, 5) is 11.6. The van der Waals surface area contributed by atoms with Gasteiger partial charge in [-0.15, -0.1) is 0 Å². The first-order chi connectivity index (χ1) is 5.79. The minimum atomic E-state index is -0.476. The standard InChI is InChI=1S/C11H20O2/c1-7-10(3,4)11(5,6)9(12)13-8-2/h8H,2,7H2,1,3-6H3. The lowest BCUT2D eigenvalue weighted by molar-refractivity contribution is -0.155. The number of ether oxygens (including phenoxy) is 1. The summed E-state index contributed by atoms with van der Waals surface area (Å²) in [7, 11) is 0. The van der Waals surface area contributed by atoms with Crippen LogP contribution >= 0.6 is 0 Å². The number of rotatable bonds is 4. The molecule has 0 aliphatic rings. The molecule has 0 spiro atoms. The molecular formula is C11H20O2. The van der Waals surface area contributed by atoms with Gasteiger partial charge in [-0.1, -0.05) is 27.4 Å². The molecule has 0 amide bonds. The zero-order valence-electron chi connectivity index (χ0n) is 9.31. The monoisotopic (exact) mass is 184 g/mol. The van der Waals surface area contributed by atoms with E-state index in [1.165, 1.54) is 6.26 Å². The van der Waals surface area contributed by atoms with Crippen LogP contribution in [0.5, 0.6) is 0 Å². The normalized spacial score (nSPS) is 12.4. The molecule has 0 radical (unpaired) electrons. The quantitative estimate of drug-likeness (QED) is 0.495. The summed E-state index contributed by atoms with van der Waals surface area (Å²) in [5, 5.41) is 0. The number of hydrogen-bond acceptors (Lipinski definition) is 2. The SMILES string of the molecule is C=COC(=O)C(C)(C)C(C)(C)CC. The molecule has 0 aliphatic carbocycles. The van der Waals surface area contributed by atoms with Crippen LogP contribution in [0.4, 0.5) is 0 Å². The summed E-state index contributed by atoms with van der Waals surface area (Å²) >= 11 is 0. The first-order valence-corrected chi connectivity index (χ1v) is 4.61. The van der Waals surface area contributed by atoms with Crippen LogP contribution in [0.25, 0.3) is 0 Å². The van der Waals surface area contributed by atoms with E-state index < -0.39 is 5.41 Å². The minimum absolute atomic E-state index is 0.0624. The van der Waals surface area contributed by atoms with E-state index in [2.05, 4.69) is 27.4 Å². The molecular weight excluding hydrogens is 164 g/mol. The van der Waals surface area contributed by atoms with Gasteiger partial charge in [-0.2, -0.15) is 0 Å². The molecule has 0 atom stereocenters. The molecule has 0 saturated carbocycles. The topological polar surface area (TPSA) is 26.3 Å². The van der Waals surface area contributed by atoms with Gasteiger partial charge in [0.1, 0.15) is 0 Å². The van der Waals surface area contributed by atoms with Crippen LogP contribution in [0.3, 0.4) is 0 Å². The van der Waals surface area contributed by atoms with Crippen LogP contribution in [0, 0.1) is 10.8 Å². The van der Waals surface area contributed by atoms with Crippen molar-refractivity contribution in [2.24, 2.45) is 10.8 Å². The van der Waals surface area contributed by atoms with Crippen molar-refractivity contribution in [1.29, 1.82) is 0 Å². The second-order valence-electron chi connectivity index (χ2n) is 4.43. The average molecular weight is 184 g/mol. The third kappa shape index (κ3) is 2.33. The van der Waals surface area contributed by atoms with E-state index in [1.54, 1.807) is 0 Å². The molecule has 0 aromatic rings. The molecule has 0 rings (SSSR count). The van der Waals surface area contributed by atoms with E-state index in [4.69, 9.17) is 4.74 Å². The molecule has 2 nitrogen and oxygen atoms in total. The Morgan fingerprint density at radius 1 is 1.38 bits per heavy atom. The fourth-order valence-electron chi connectivity index (χ4n) is 0.941. The lowest BCUT2D eigenvalue weighted by Crippen LogP contribution is -2.39. The Morgan fingerprint density at radius 3 is 2.15 bits per heavy atom. The van der Waals surface area contributed by atoms with E-state index in [0.717, 1.165) is 6.42 Å². The van der Waals surface area contributed by atoms with Crippen LogP contribution in [0.15, 0.2) is 12.8 Å². The van der Waals surface area contributed by atoms with Gasteiger partial charge in [-0.05, 0) is 25.7 Å². The molecule has 0 aliphatic heterocycles. The summed E-state index contributed by atoms with van der Waals surface area (Å²) < 4.78 is 4.82. The number of esters is 1. The Hall–Kier alpha value is -0.790. The smallest absolute Gasteiger partial charge is 0.316 e. The maximum atomic E-state index is 11.6. The van der Waals surface area contributed by atoms with Gasteiger partial charge in [0.05, 0.1) is 11.7 Å². The van der Waals surface area contributed by atoms with Gasteiger partial charge < -0.3 is 4.74 Å². The third-order valence-electron chi connectivity index (χ3n) is 3.28. The maximum absolute atomic E-state index is 11.6. The second kappa shape index (κ2) is 3.95. The van der Waals surface area contributed by atoms with Crippen molar-refractivity contribution in [1.82, 2.24) is 0 Å². The lowest BCUT2D eigenvalue weighted by Gasteiger charge is -2.38. The molecule has 76 valence electrons. The van der Waals surface area contributed by atoms with Gasteiger partial charge in [-0.3, -0.25) is 4.79 Å². The summed E-state index contributed by atoms with van der Waals surface area (Å²) in [5.74, 6) is -0.214. The van der Waals surface area contributed by atoms with E-state index >= 15 is 0 Å². The third-order valence-corrected chi connectivity index (χ3v) is 3.28. The highest BCUT2D eigenvalue weighted by molar-refractivity contribution is 5.77. The Balaban J connectivity index is 4.73. The summed E-state index contributed by atoms with van der Waals surface area (Å²) in [6, 6.07) is 0. The largest absolute Gasteiger partial charge is 0.435 e. The minimum Gasteiger partial charge on any atom is -0.435 e.